The topological polar surface area (TPSA) is 89.8 Å². The lowest BCUT2D eigenvalue weighted by Gasteiger charge is -2.16. The fourth-order valence-corrected chi connectivity index (χ4v) is 3.53. The number of carbonyl (C=O) groups excluding carboxylic acids is 2. The Morgan fingerprint density at radius 2 is 1.72 bits per heavy atom. The molecule has 0 atom stereocenters. The molecular weight excluding hydrogens is 480 g/mol. The van der Waals surface area contributed by atoms with Gasteiger partial charge in [0.15, 0.2) is 17.2 Å². The summed E-state index contributed by atoms with van der Waals surface area (Å²) in [4.78, 5) is 26.3. The van der Waals surface area contributed by atoms with Crippen molar-refractivity contribution in [2.45, 2.75) is 6.92 Å². The summed E-state index contributed by atoms with van der Waals surface area (Å²) in [6, 6.07) is 22.3. The molecule has 7 nitrogen and oxygen atoms in total. The number of furan rings is 1. The maximum atomic E-state index is 13.4. The van der Waals surface area contributed by atoms with Gasteiger partial charge in [0.25, 0.3) is 11.8 Å². The molecule has 36 heavy (non-hydrogen) atoms. The van der Waals surface area contributed by atoms with E-state index >= 15 is 0 Å². The molecule has 4 rings (SSSR count). The number of nitrogens with one attached hydrogen (secondary N) is 2. The van der Waals surface area contributed by atoms with Crippen molar-refractivity contribution in [1.29, 1.82) is 0 Å². The van der Waals surface area contributed by atoms with Crippen LogP contribution in [0.4, 0.5) is 5.69 Å². The number of halogens is 1. The number of methoxy groups -OCH3 is 1. The van der Waals surface area contributed by atoms with E-state index in [0.29, 0.717) is 39.3 Å². The van der Waals surface area contributed by atoms with Gasteiger partial charge in [-0.05, 0) is 61.5 Å². The number of aryl methyl sites for hydroxylation is 1. The maximum Gasteiger partial charge on any atom is 0.272 e. The molecule has 2 amide bonds. The highest BCUT2D eigenvalue weighted by Crippen LogP contribution is 2.36. The Kier molecular flexibility index (Phi) is 7.72. The predicted octanol–water partition coefficient (Wildman–Crippen LogP) is 6.45. The minimum atomic E-state index is -0.598. The van der Waals surface area contributed by atoms with Gasteiger partial charge in [-0.1, -0.05) is 41.4 Å². The number of hydrogen-bond acceptors (Lipinski definition) is 5. The molecule has 2 N–H and O–H groups in total. The standard InChI is InChI=1S/C28H23ClN2O5/c1-18-7-5-8-19(15-18)27(32)31-23(17-21-9-6-14-35-21)28(33)30-22-16-20(29)12-13-24(22)36-26-11-4-3-10-25(26)34-2/h3-17H,1-2H3,(H,30,33)(H,31,32)/b23-17-. The minimum absolute atomic E-state index is 0.0281. The molecule has 0 aliphatic carbocycles. The molecule has 0 unspecified atom stereocenters. The van der Waals surface area contributed by atoms with Gasteiger partial charge in [0.2, 0.25) is 0 Å². The summed E-state index contributed by atoms with van der Waals surface area (Å²) in [7, 11) is 1.54. The van der Waals surface area contributed by atoms with E-state index in [9.17, 15) is 9.59 Å². The average molecular weight is 503 g/mol. The molecule has 8 heteroatoms. The molecule has 1 aromatic heterocycles. The molecule has 182 valence electrons. The Morgan fingerprint density at radius 3 is 2.44 bits per heavy atom. The molecule has 3 aromatic carbocycles. The summed E-state index contributed by atoms with van der Waals surface area (Å²) >= 11 is 6.20. The number of anilines is 1. The Labute approximate surface area is 213 Å². The first-order valence-electron chi connectivity index (χ1n) is 11.0. The first-order chi connectivity index (χ1) is 17.4. The second kappa shape index (κ2) is 11.3. The summed E-state index contributed by atoms with van der Waals surface area (Å²) < 4.78 is 16.7. The SMILES string of the molecule is COc1ccccc1Oc1ccc(Cl)cc1NC(=O)/C(=C/c1ccco1)NC(=O)c1cccc(C)c1. The third kappa shape index (κ3) is 6.14. The summed E-state index contributed by atoms with van der Waals surface area (Å²) in [5.74, 6) is 0.661. The Hall–Kier alpha value is -4.49. The number of amides is 2. The maximum absolute atomic E-state index is 13.4. The van der Waals surface area contributed by atoms with Crippen LogP contribution in [0.3, 0.4) is 0 Å². The molecule has 0 bridgehead atoms. The third-order valence-corrected chi connectivity index (χ3v) is 5.32. The van der Waals surface area contributed by atoms with Gasteiger partial charge in [0, 0.05) is 16.7 Å². The van der Waals surface area contributed by atoms with Crippen molar-refractivity contribution in [3.8, 4) is 17.2 Å². The fraction of sp³-hybridized carbons (Fsp3) is 0.0714. The Morgan fingerprint density at radius 1 is 0.917 bits per heavy atom. The summed E-state index contributed by atoms with van der Waals surface area (Å²) in [6.45, 7) is 1.88. The van der Waals surface area contributed by atoms with E-state index in [-0.39, 0.29) is 5.70 Å². The highest BCUT2D eigenvalue weighted by molar-refractivity contribution is 6.31. The van der Waals surface area contributed by atoms with E-state index in [1.165, 1.54) is 19.4 Å². The normalized spacial score (nSPS) is 11.0. The summed E-state index contributed by atoms with van der Waals surface area (Å²) in [5.41, 5.74) is 1.60. The first-order valence-corrected chi connectivity index (χ1v) is 11.4. The summed E-state index contributed by atoms with van der Waals surface area (Å²) in [5, 5.41) is 5.84. The van der Waals surface area contributed by atoms with Crippen molar-refractivity contribution in [3.05, 3.63) is 113 Å². The predicted molar refractivity (Wildman–Crippen MR) is 138 cm³/mol. The van der Waals surface area contributed by atoms with Crippen molar-refractivity contribution in [3.63, 3.8) is 0 Å². The number of rotatable bonds is 8. The van der Waals surface area contributed by atoms with Crippen LogP contribution in [-0.4, -0.2) is 18.9 Å². The van der Waals surface area contributed by atoms with E-state index in [2.05, 4.69) is 10.6 Å². The number of carbonyl (C=O) groups is 2. The highest BCUT2D eigenvalue weighted by atomic mass is 35.5. The average Bonchev–Trinajstić information content (AvgIpc) is 3.38. The zero-order chi connectivity index (χ0) is 25.5. The molecule has 0 spiro atoms. The van der Waals surface area contributed by atoms with Crippen LogP contribution in [0.1, 0.15) is 21.7 Å². The van der Waals surface area contributed by atoms with Gasteiger partial charge in [-0.2, -0.15) is 0 Å². The van der Waals surface area contributed by atoms with Gasteiger partial charge < -0.3 is 24.5 Å². The quantitative estimate of drug-likeness (QED) is 0.270. The van der Waals surface area contributed by atoms with Crippen molar-refractivity contribution in [1.82, 2.24) is 5.32 Å². The van der Waals surface area contributed by atoms with Gasteiger partial charge >= 0.3 is 0 Å². The summed E-state index contributed by atoms with van der Waals surface area (Å²) in [6.07, 6.45) is 2.91. The smallest absolute Gasteiger partial charge is 0.272 e. The monoisotopic (exact) mass is 502 g/mol. The third-order valence-electron chi connectivity index (χ3n) is 5.08. The van der Waals surface area contributed by atoms with Crippen LogP contribution in [-0.2, 0) is 4.79 Å². The van der Waals surface area contributed by atoms with E-state index in [1.54, 1.807) is 66.7 Å². The van der Waals surface area contributed by atoms with E-state index < -0.39 is 11.8 Å². The lowest BCUT2D eigenvalue weighted by atomic mass is 10.1. The molecule has 0 aliphatic heterocycles. The van der Waals surface area contributed by atoms with Crippen LogP contribution in [0.2, 0.25) is 5.02 Å². The van der Waals surface area contributed by atoms with Crippen LogP contribution < -0.4 is 20.1 Å². The second-order valence-corrected chi connectivity index (χ2v) is 8.18. The molecule has 1 heterocycles. The first kappa shape index (κ1) is 24.6. The Balaban J connectivity index is 1.63. The molecular formula is C28H23ClN2O5. The van der Waals surface area contributed by atoms with Gasteiger partial charge in [0.1, 0.15) is 11.5 Å². The van der Waals surface area contributed by atoms with Crippen molar-refractivity contribution in [2.24, 2.45) is 0 Å². The van der Waals surface area contributed by atoms with E-state index in [1.807, 2.05) is 19.1 Å². The number of ether oxygens (including phenoxy) is 2. The van der Waals surface area contributed by atoms with Gasteiger partial charge in [-0.15, -0.1) is 0 Å². The van der Waals surface area contributed by atoms with Crippen molar-refractivity contribution < 1.29 is 23.5 Å². The number of para-hydroxylation sites is 2. The van der Waals surface area contributed by atoms with Crippen LogP contribution in [0.15, 0.2) is 95.2 Å². The molecule has 0 saturated carbocycles. The molecule has 0 aliphatic rings. The molecule has 0 fully saturated rings. The van der Waals surface area contributed by atoms with Gasteiger partial charge in [0.05, 0.1) is 19.1 Å². The largest absolute Gasteiger partial charge is 0.493 e. The van der Waals surface area contributed by atoms with Crippen LogP contribution >= 0.6 is 11.6 Å². The second-order valence-electron chi connectivity index (χ2n) is 7.74. The molecule has 0 saturated heterocycles. The lowest BCUT2D eigenvalue weighted by Crippen LogP contribution is -2.30. The van der Waals surface area contributed by atoms with Crippen molar-refractivity contribution >= 4 is 35.2 Å². The van der Waals surface area contributed by atoms with E-state index in [0.717, 1.165) is 5.56 Å². The number of benzene rings is 3. The van der Waals surface area contributed by atoms with Gasteiger partial charge in [-0.25, -0.2) is 0 Å². The van der Waals surface area contributed by atoms with Crippen LogP contribution in [0.25, 0.3) is 6.08 Å². The molecule has 4 aromatic rings. The lowest BCUT2D eigenvalue weighted by molar-refractivity contribution is -0.113. The van der Waals surface area contributed by atoms with Gasteiger partial charge in [-0.3, -0.25) is 9.59 Å². The Bertz CT molecular complexity index is 1410. The zero-order valence-electron chi connectivity index (χ0n) is 19.6. The fourth-order valence-electron chi connectivity index (χ4n) is 3.35. The van der Waals surface area contributed by atoms with E-state index in [4.69, 9.17) is 25.5 Å². The highest BCUT2D eigenvalue weighted by Gasteiger charge is 2.18. The van der Waals surface area contributed by atoms with Crippen LogP contribution in [0, 0.1) is 6.92 Å². The zero-order valence-corrected chi connectivity index (χ0v) is 20.3. The number of hydrogen-bond donors (Lipinski definition) is 2. The minimum Gasteiger partial charge on any atom is -0.493 e. The molecule has 0 radical (unpaired) electrons. The van der Waals surface area contributed by atoms with Crippen LogP contribution in [0.5, 0.6) is 17.2 Å². The van der Waals surface area contributed by atoms with Crippen molar-refractivity contribution in [2.75, 3.05) is 12.4 Å².